The summed E-state index contributed by atoms with van der Waals surface area (Å²) >= 11 is 1.42. The summed E-state index contributed by atoms with van der Waals surface area (Å²) in [6, 6.07) is 0. The SMILES string of the molecule is CCCNc1snnc1COC1CCCCC1. The monoisotopic (exact) mass is 255 g/mol. The highest BCUT2D eigenvalue weighted by Gasteiger charge is 2.15. The molecule has 0 unspecified atom stereocenters. The predicted molar refractivity (Wildman–Crippen MR) is 70.4 cm³/mol. The Morgan fingerprint density at radius 2 is 2.18 bits per heavy atom. The highest BCUT2D eigenvalue weighted by atomic mass is 32.1. The third kappa shape index (κ3) is 3.92. The van der Waals surface area contributed by atoms with Crippen molar-refractivity contribution in [1.29, 1.82) is 0 Å². The van der Waals surface area contributed by atoms with E-state index in [0.717, 1.165) is 23.7 Å². The summed E-state index contributed by atoms with van der Waals surface area (Å²) in [4.78, 5) is 0. The molecule has 0 bridgehead atoms. The molecule has 1 aliphatic carbocycles. The predicted octanol–water partition coefficient (Wildman–Crippen LogP) is 3.21. The third-order valence-corrected chi connectivity index (χ3v) is 3.83. The standard InChI is InChI=1S/C12H21N3OS/c1-2-8-13-12-11(14-15-17-12)9-16-10-6-4-3-5-7-10/h10,13H,2-9H2,1H3. The van der Waals surface area contributed by atoms with Crippen molar-refractivity contribution in [3.63, 3.8) is 0 Å². The average molecular weight is 255 g/mol. The number of ether oxygens (including phenoxy) is 1. The number of hydrogen-bond acceptors (Lipinski definition) is 5. The molecule has 96 valence electrons. The first kappa shape index (κ1) is 12.8. The number of hydrogen-bond donors (Lipinski definition) is 1. The highest BCUT2D eigenvalue weighted by molar-refractivity contribution is 7.10. The van der Waals surface area contributed by atoms with Gasteiger partial charge in [-0.05, 0) is 19.3 Å². The molecule has 1 saturated carbocycles. The molecule has 1 aliphatic rings. The van der Waals surface area contributed by atoms with E-state index in [0.29, 0.717) is 12.7 Å². The maximum absolute atomic E-state index is 5.91. The van der Waals surface area contributed by atoms with Crippen LogP contribution in [0.2, 0.25) is 0 Å². The maximum Gasteiger partial charge on any atom is 0.135 e. The molecule has 0 atom stereocenters. The molecule has 0 amide bonds. The van der Waals surface area contributed by atoms with Crippen molar-refractivity contribution in [3.8, 4) is 0 Å². The van der Waals surface area contributed by atoms with Crippen LogP contribution in [0.15, 0.2) is 0 Å². The Morgan fingerprint density at radius 1 is 1.35 bits per heavy atom. The van der Waals surface area contributed by atoms with Gasteiger partial charge >= 0.3 is 0 Å². The van der Waals surface area contributed by atoms with Gasteiger partial charge in [0.05, 0.1) is 12.7 Å². The second-order valence-corrected chi connectivity index (χ2v) is 5.30. The minimum absolute atomic E-state index is 0.435. The molecule has 5 heteroatoms. The molecule has 4 nitrogen and oxygen atoms in total. The van der Waals surface area contributed by atoms with Crippen molar-refractivity contribution in [2.24, 2.45) is 0 Å². The fourth-order valence-electron chi connectivity index (χ4n) is 2.10. The van der Waals surface area contributed by atoms with Gasteiger partial charge in [0, 0.05) is 18.1 Å². The molecule has 1 aromatic heterocycles. The van der Waals surface area contributed by atoms with Crippen LogP contribution in [0.4, 0.5) is 5.00 Å². The van der Waals surface area contributed by atoms with Gasteiger partial charge in [0.25, 0.3) is 0 Å². The molecule has 1 N–H and O–H groups in total. The summed E-state index contributed by atoms with van der Waals surface area (Å²) in [7, 11) is 0. The third-order valence-electron chi connectivity index (χ3n) is 3.10. The molecule has 1 fully saturated rings. The summed E-state index contributed by atoms with van der Waals surface area (Å²) in [5.74, 6) is 0. The lowest BCUT2D eigenvalue weighted by Gasteiger charge is -2.21. The lowest BCUT2D eigenvalue weighted by Crippen LogP contribution is -2.16. The zero-order chi connectivity index (χ0) is 11.9. The largest absolute Gasteiger partial charge is 0.374 e. The Morgan fingerprint density at radius 3 is 2.94 bits per heavy atom. The number of aromatic nitrogens is 2. The van der Waals surface area contributed by atoms with Gasteiger partial charge in [-0.15, -0.1) is 5.10 Å². The van der Waals surface area contributed by atoms with Gasteiger partial charge in [0.2, 0.25) is 0 Å². The van der Waals surface area contributed by atoms with Crippen molar-refractivity contribution in [2.75, 3.05) is 11.9 Å². The average Bonchev–Trinajstić information content (AvgIpc) is 2.82. The fraction of sp³-hybridized carbons (Fsp3) is 0.833. The Bertz CT molecular complexity index is 323. The summed E-state index contributed by atoms with van der Waals surface area (Å²) in [6.45, 7) is 3.73. The van der Waals surface area contributed by atoms with Crippen LogP contribution in [0.5, 0.6) is 0 Å². The van der Waals surface area contributed by atoms with E-state index >= 15 is 0 Å². The van der Waals surface area contributed by atoms with Crippen LogP contribution in [0.25, 0.3) is 0 Å². The molecule has 0 aromatic carbocycles. The van der Waals surface area contributed by atoms with Crippen LogP contribution in [0.1, 0.15) is 51.1 Å². The normalized spacial score (nSPS) is 17.2. The first-order valence-electron chi connectivity index (χ1n) is 6.57. The van der Waals surface area contributed by atoms with Crippen molar-refractivity contribution in [2.45, 2.75) is 58.2 Å². The number of nitrogens with zero attached hydrogens (tertiary/aromatic N) is 2. The molecule has 1 heterocycles. The lowest BCUT2D eigenvalue weighted by atomic mass is 9.98. The maximum atomic E-state index is 5.91. The number of anilines is 1. The van der Waals surface area contributed by atoms with Gasteiger partial charge in [0.1, 0.15) is 10.7 Å². The van der Waals surface area contributed by atoms with E-state index in [1.54, 1.807) is 0 Å². The van der Waals surface area contributed by atoms with E-state index in [-0.39, 0.29) is 0 Å². The second-order valence-electron chi connectivity index (χ2n) is 4.55. The smallest absolute Gasteiger partial charge is 0.135 e. The molecule has 0 saturated heterocycles. The van der Waals surface area contributed by atoms with Gasteiger partial charge in [-0.2, -0.15) is 0 Å². The first-order chi connectivity index (χ1) is 8.40. The van der Waals surface area contributed by atoms with E-state index in [4.69, 9.17) is 4.74 Å². The molecule has 17 heavy (non-hydrogen) atoms. The fourth-order valence-corrected chi connectivity index (χ4v) is 2.70. The summed E-state index contributed by atoms with van der Waals surface area (Å²) in [5.41, 5.74) is 0.967. The summed E-state index contributed by atoms with van der Waals surface area (Å²) < 4.78 is 9.90. The molecule has 2 rings (SSSR count). The Labute approximate surface area is 107 Å². The zero-order valence-corrected chi connectivity index (χ0v) is 11.3. The van der Waals surface area contributed by atoms with Crippen LogP contribution in [-0.2, 0) is 11.3 Å². The van der Waals surface area contributed by atoms with Crippen molar-refractivity contribution in [1.82, 2.24) is 9.59 Å². The molecule has 0 radical (unpaired) electrons. The molecule has 0 spiro atoms. The molecular weight excluding hydrogens is 234 g/mol. The number of nitrogens with one attached hydrogen (secondary N) is 1. The minimum atomic E-state index is 0.435. The number of rotatable bonds is 6. The van der Waals surface area contributed by atoms with E-state index in [1.165, 1.54) is 43.6 Å². The first-order valence-corrected chi connectivity index (χ1v) is 7.34. The van der Waals surface area contributed by atoms with E-state index in [2.05, 4.69) is 21.8 Å². The zero-order valence-electron chi connectivity index (χ0n) is 10.4. The quantitative estimate of drug-likeness (QED) is 0.848. The lowest BCUT2D eigenvalue weighted by molar-refractivity contribution is 0.0155. The van der Waals surface area contributed by atoms with Gasteiger partial charge < -0.3 is 10.1 Å². The summed E-state index contributed by atoms with van der Waals surface area (Å²) in [5, 5.41) is 8.55. The molecular formula is C12H21N3OS. The van der Waals surface area contributed by atoms with E-state index in [1.807, 2.05) is 0 Å². The second kappa shape index (κ2) is 6.91. The van der Waals surface area contributed by atoms with Crippen LogP contribution in [0, 0.1) is 0 Å². The van der Waals surface area contributed by atoms with Crippen molar-refractivity contribution >= 4 is 16.5 Å². The molecule has 1 aromatic rings. The van der Waals surface area contributed by atoms with Crippen LogP contribution >= 0.6 is 11.5 Å². The van der Waals surface area contributed by atoms with Crippen molar-refractivity contribution in [3.05, 3.63) is 5.69 Å². The van der Waals surface area contributed by atoms with Crippen molar-refractivity contribution < 1.29 is 4.74 Å². The highest BCUT2D eigenvalue weighted by Crippen LogP contribution is 2.23. The van der Waals surface area contributed by atoms with Gasteiger partial charge in [-0.25, -0.2) is 0 Å². The van der Waals surface area contributed by atoms with Crippen LogP contribution in [-0.4, -0.2) is 22.2 Å². The van der Waals surface area contributed by atoms with Gasteiger partial charge in [-0.1, -0.05) is 30.7 Å². The Kier molecular flexibility index (Phi) is 5.19. The topological polar surface area (TPSA) is 47.0 Å². The molecule has 0 aliphatic heterocycles. The summed E-state index contributed by atoms with van der Waals surface area (Å²) in [6.07, 6.45) is 7.93. The van der Waals surface area contributed by atoms with Gasteiger partial charge in [0.15, 0.2) is 0 Å². The van der Waals surface area contributed by atoms with Crippen LogP contribution < -0.4 is 5.32 Å². The minimum Gasteiger partial charge on any atom is -0.374 e. The Balaban J connectivity index is 1.79. The van der Waals surface area contributed by atoms with E-state index < -0.39 is 0 Å². The van der Waals surface area contributed by atoms with Crippen LogP contribution in [0.3, 0.4) is 0 Å². The van der Waals surface area contributed by atoms with E-state index in [9.17, 15) is 0 Å². The van der Waals surface area contributed by atoms with Gasteiger partial charge in [-0.3, -0.25) is 0 Å². The Hall–Kier alpha value is -0.680.